The Kier molecular flexibility index (Phi) is 4.96. The number of halogens is 2. The lowest BCUT2D eigenvalue weighted by atomic mass is 10.1. The van der Waals surface area contributed by atoms with Crippen LogP contribution in [0.15, 0.2) is 22.7 Å². The molecule has 2 atom stereocenters. The molecule has 0 saturated carbocycles. The zero-order valence-corrected chi connectivity index (χ0v) is 14.7. The average Bonchev–Trinajstić information content (AvgIpc) is 3.18. The number of thiophene rings is 1. The smallest absolute Gasteiger partial charge is 0.276 e. The first-order chi connectivity index (χ1) is 10.7. The van der Waals surface area contributed by atoms with Crippen molar-refractivity contribution in [1.29, 1.82) is 0 Å². The monoisotopic (exact) mass is 373 g/mol. The molecule has 5 nitrogen and oxygen atoms in total. The van der Waals surface area contributed by atoms with Gasteiger partial charge in [-0.05, 0) is 31.4 Å². The first-order valence-electron chi connectivity index (χ1n) is 7.47. The number of carbonyl (C=O) groups is 1. The summed E-state index contributed by atoms with van der Waals surface area (Å²) in [6.07, 6.45) is 3.37. The van der Waals surface area contributed by atoms with Crippen molar-refractivity contribution in [1.82, 2.24) is 15.4 Å². The molecule has 2 aliphatic heterocycles. The normalized spacial score (nSPS) is 23.4. The van der Waals surface area contributed by atoms with E-state index in [1.807, 2.05) is 17.0 Å². The van der Waals surface area contributed by atoms with Gasteiger partial charge in [-0.1, -0.05) is 16.8 Å². The Morgan fingerprint density at radius 3 is 2.96 bits per heavy atom. The molecule has 2 aliphatic rings. The van der Waals surface area contributed by atoms with Crippen molar-refractivity contribution in [2.45, 2.75) is 31.3 Å². The minimum Gasteiger partial charge on any atom is -0.355 e. The van der Waals surface area contributed by atoms with Crippen LogP contribution in [0.1, 0.15) is 29.8 Å². The Morgan fingerprint density at radius 1 is 1.35 bits per heavy atom. The fraction of sp³-hybridized carbons (Fsp3) is 0.467. The van der Waals surface area contributed by atoms with Crippen LogP contribution in [-0.4, -0.2) is 41.1 Å². The van der Waals surface area contributed by atoms with Gasteiger partial charge in [0.1, 0.15) is 0 Å². The van der Waals surface area contributed by atoms with Gasteiger partial charge in [-0.25, -0.2) is 0 Å². The van der Waals surface area contributed by atoms with E-state index in [1.54, 1.807) is 6.07 Å². The Bertz CT molecular complexity index is 702. The topological polar surface area (TPSA) is 58.4 Å². The minimum absolute atomic E-state index is 0. The maximum absolute atomic E-state index is 12.6. The largest absolute Gasteiger partial charge is 0.355 e. The zero-order chi connectivity index (χ0) is 15.1. The molecule has 1 amide bonds. The fourth-order valence-electron chi connectivity index (χ4n) is 3.23. The number of fused-ring (bicyclic) bond motifs is 2. The number of nitrogens with one attached hydrogen (secondary N) is 1. The number of likely N-dealkylation sites (tertiary alicyclic amines) is 1. The minimum atomic E-state index is -0.0491. The average molecular weight is 374 g/mol. The molecule has 23 heavy (non-hydrogen) atoms. The van der Waals surface area contributed by atoms with E-state index in [2.05, 4.69) is 10.5 Å². The molecule has 2 unspecified atom stereocenters. The molecule has 2 saturated heterocycles. The van der Waals surface area contributed by atoms with Gasteiger partial charge in [0, 0.05) is 31.2 Å². The van der Waals surface area contributed by atoms with E-state index in [0.29, 0.717) is 27.9 Å². The number of rotatable bonds is 2. The van der Waals surface area contributed by atoms with Crippen molar-refractivity contribution in [3.05, 3.63) is 28.2 Å². The first-order valence-corrected chi connectivity index (χ1v) is 8.66. The molecule has 0 aliphatic carbocycles. The summed E-state index contributed by atoms with van der Waals surface area (Å²) in [5, 5.41) is 7.52. The number of aromatic nitrogens is 1. The summed E-state index contributed by atoms with van der Waals surface area (Å²) in [5.41, 5.74) is 0.372. The number of nitrogens with zero attached hydrogens (tertiary/aromatic N) is 2. The van der Waals surface area contributed by atoms with Gasteiger partial charge in [0.15, 0.2) is 11.5 Å². The molecule has 2 fully saturated rings. The molecule has 0 spiro atoms. The molecular weight excluding hydrogens is 357 g/mol. The van der Waals surface area contributed by atoms with Gasteiger partial charge in [-0.15, -0.1) is 23.7 Å². The van der Waals surface area contributed by atoms with Crippen molar-refractivity contribution in [2.24, 2.45) is 0 Å². The molecule has 1 N–H and O–H groups in total. The summed E-state index contributed by atoms with van der Waals surface area (Å²) < 4.78 is 6.00. The van der Waals surface area contributed by atoms with Crippen molar-refractivity contribution in [3.63, 3.8) is 0 Å². The highest BCUT2D eigenvalue weighted by Gasteiger charge is 2.32. The van der Waals surface area contributed by atoms with Crippen molar-refractivity contribution < 1.29 is 9.32 Å². The van der Waals surface area contributed by atoms with E-state index in [1.165, 1.54) is 17.8 Å². The molecular formula is C15H17Cl2N3O2S. The molecule has 2 bridgehead atoms. The van der Waals surface area contributed by atoms with Gasteiger partial charge in [0.2, 0.25) is 0 Å². The van der Waals surface area contributed by atoms with Crippen LogP contribution in [0, 0.1) is 0 Å². The molecule has 4 rings (SSSR count). The van der Waals surface area contributed by atoms with E-state index in [9.17, 15) is 4.79 Å². The number of amides is 1. The molecule has 124 valence electrons. The predicted octanol–water partition coefficient (Wildman–Crippen LogP) is 3.44. The third-order valence-electron chi connectivity index (χ3n) is 4.36. The van der Waals surface area contributed by atoms with E-state index in [4.69, 9.17) is 16.1 Å². The van der Waals surface area contributed by atoms with Crippen molar-refractivity contribution >= 4 is 41.3 Å². The lowest BCUT2D eigenvalue weighted by molar-refractivity contribution is 0.0738. The van der Waals surface area contributed by atoms with Crippen LogP contribution in [0.2, 0.25) is 4.34 Å². The van der Waals surface area contributed by atoms with Gasteiger partial charge < -0.3 is 14.7 Å². The van der Waals surface area contributed by atoms with Gasteiger partial charge in [0.25, 0.3) is 5.91 Å². The number of carbonyl (C=O) groups excluding carboxylic acids is 1. The molecule has 0 aromatic carbocycles. The van der Waals surface area contributed by atoms with Gasteiger partial charge in [-0.2, -0.15) is 0 Å². The summed E-state index contributed by atoms with van der Waals surface area (Å²) in [6, 6.07) is 6.36. The highest BCUT2D eigenvalue weighted by atomic mass is 35.5. The maximum Gasteiger partial charge on any atom is 0.276 e. The second-order valence-corrected chi connectivity index (χ2v) is 7.57. The Morgan fingerprint density at radius 2 is 2.17 bits per heavy atom. The number of hydrogen-bond donors (Lipinski definition) is 1. The van der Waals surface area contributed by atoms with Crippen LogP contribution in [0.25, 0.3) is 10.6 Å². The highest BCUT2D eigenvalue weighted by Crippen LogP contribution is 2.31. The summed E-state index contributed by atoms with van der Waals surface area (Å²) >= 11 is 7.34. The first kappa shape index (κ1) is 16.8. The predicted molar refractivity (Wildman–Crippen MR) is 92.5 cm³/mol. The van der Waals surface area contributed by atoms with Crippen molar-refractivity contribution in [3.8, 4) is 10.6 Å². The van der Waals surface area contributed by atoms with Crippen LogP contribution in [0.4, 0.5) is 0 Å². The summed E-state index contributed by atoms with van der Waals surface area (Å²) in [4.78, 5) is 15.4. The Hall–Kier alpha value is -1.08. The van der Waals surface area contributed by atoms with Crippen LogP contribution >= 0.6 is 35.3 Å². The van der Waals surface area contributed by atoms with Gasteiger partial charge in [0.05, 0.1) is 9.21 Å². The summed E-state index contributed by atoms with van der Waals surface area (Å²) in [7, 11) is 0. The lowest BCUT2D eigenvalue weighted by Crippen LogP contribution is -2.39. The lowest BCUT2D eigenvalue weighted by Gasteiger charge is -2.23. The molecule has 8 heteroatoms. The van der Waals surface area contributed by atoms with Crippen LogP contribution in [0.5, 0.6) is 0 Å². The van der Waals surface area contributed by atoms with Crippen LogP contribution in [0.3, 0.4) is 0 Å². The maximum atomic E-state index is 12.6. The third kappa shape index (κ3) is 3.40. The Labute approximate surface area is 149 Å². The molecule has 4 heterocycles. The zero-order valence-electron chi connectivity index (χ0n) is 12.3. The second kappa shape index (κ2) is 6.81. The van der Waals surface area contributed by atoms with Crippen molar-refractivity contribution in [2.75, 3.05) is 13.1 Å². The number of hydrogen-bond acceptors (Lipinski definition) is 5. The van der Waals surface area contributed by atoms with E-state index >= 15 is 0 Å². The standard InChI is InChI=1S/C15H16ClN3O2S.ClH/c16-14-4-3-13(22-14)12-7-11(18-21-12)15(20)19-6-5-9-1-2-10(8-19)17-9;/h3-4,7,9-10,17H,1-2,5-6,8H2;1H. The van der Waals surface area contributed by atoms with Crippen LogP contribution in [-0.2, 0) is 0 Å². The fourth-order valence-corrected chi connectivity index (χ4v) is 4.22. The van der Waals surface area contributed by atoms with Gasteiger partial charge >= 0.3 is 0 Å². The van der Waals surface area contributed by atoms with E-state index in [0.717, 1.165) is 30.8 Å². The molecule has 0 radical (unpaired) electrons. The third-order valence-corrected chi connectivity index (χ3v) is 5.60. The second-order valence-electron chi connectivity index (χ2n) is 5.86. The van der Waals surface area contributed by atoms with Gasteiger partial charge in [-0.3, -0.25) is 4.79 Å². The summed E-state index contributed by atoms with van der Waals surface area (Å²) in [6.45, 7) is 1.53. The molecule has 2 aromatic heterocycles. The van der Waals surface area contributed by atoms with E-state index < -0.39 is 0 Å². The highest BCUT2D eigenvalue weighted by molar-refractivity contribution is 7.19. The SMILES string of the molecule is Cl.O=C(c1cc(-c2ccc(Cl)s2)on1)N1CCC2CCC(C1)N2. The van der Waals surface area contributed by atoms with Crippen LogP contribution < -0.4 is 5.32 Å². The quantitative estimate of drug-likeness (QED) is 0.875. The molecule has 2 aromatic rings. The van der Waals surface area contributed by atoms with E-state index in [-0.39, 0.29) is 18.3 Å². The Balaban J connectivity index is 0.00000156. The summed E-state index contributed by atoms with van der Waals surface area (Å²) in [5.74, 6) is 0.543.